The number of anilines is 1. The van der Waals surface area contributed by atoms with E-state index >= 15 is 0 Å². The number of benzene rings is 2. The smallest absolute Gasteiger partial charge is 0.338 e. The fourth-order valence-electron chi connectivity index (χ4n) is 5.27. The molecule has 0 bridgehead atoms. The summed E-state index contributed by atoms with van der Waals surface area (Å²) >= 11 is 6.54. The number of aromatic nitrogens is 3. The summed E-state index contributed by atoms with van der Waals surface area (Å²) in [5.41, 5.74) is 9.19. The van der Waals surface area contributed by atoms with Crippen LogP contribution in [0.15, 0.2) is 47.3 Å². The molecule has 2 N–H and O–H groups in total. The summed E-state index contributed by atoms with van der Waals surface area (Å²) in [6.07, 6.45) is 2.64. The summed E-state index contributed by atoms with van der Waals surface area (Å²) < 4.78 is 9.08. The lowest BCUT2D eigenvalue weighted by Crippen LogP contribution is -2.44. The van der Waals surface area contributed by atoms with Gasteiger partial charge in [-0.25, -0.2) is 9.78 Å². The number of hydrogen-bond acceptors (Lipinski definition) is 7. The number of aryl methyl sites for hydroxylation is 1. The highest BCUT2D eigenvalue weighted by atomic mass is 35.5. The monoisotopic (exact) mass is 586 g/mol. The SMILES string of the molecule is CN(C)CCCOC(=O)c1ccc2c(c1)c1nc(N3CCC[C@@H](N)C3)n(Cc3ccccc3Cl)c1c(=O)n2C.Cl. The zero-order chi connectivity index (χ0) is 27.7. The van der Waals surface area contributed by atoms with Crippen molar-refractivity contribution in [3.63, 3.8) is 0 Å². The Morgan fingerprint density at radius 3 is 2.73 bits per heavy atom. The fourth-order valence-corrected chi connectivity index (χ4v) is 5.46. The van der Waals surface area contributed by atoms with E-state index in [0.29, 0.717) is 52.8 Å². The van der Waals surface area contributed by atoms with Gasteiger partial charge >= 0.3 is 5.97 Å². The van der Waals surface area contributed by atoms with E-state index in [1.54, 1.807) is 29.8 Å². The van der Waals surface area contributed by atoms with Crippen molar-refractivity contribution in [2.45, 2.75) is 31.8 Å². The van der Waals surface area contributed by atoms with E-state index in [-0.39, 0.29) is 24.0 Å². The number of carbonyl (C=O) groups is 1. The number of esters is 1. The van der Waals surface area contributed by atoms with Crippen molar-refractivity contribution >= 4 is 57.9 Å². The summed E-state index contributed by atoms with van der Waals surface area (Å²) in [6, 6.07) is 12.9. The maximum Gasteiger partial charge on any atom is 0.338 e. The molecule has 11 heteroatoms. The minimum Gasteiger partial charge on any atom is -0.462 e. The topological polar surface area (TPSA) is 98.6 Å². The summed E-state index contributed by atoms with van der Waals surface area (Å²) in [5, 5.41) is 1.34. The fraction of sp³-hybridized carbons (Fsp3) is 0.414. The Labute approximate surface area is 244 Å². The van der Waals surface area contributed by atoms with E-state index in [2.05, 4.69) is 4.90 Å². The van der Waals surface area contributed by atoms with Crippen LogP contribution in [0.5, 0.6) is 0 Å². The number of imidazole rings is 1. The Morgan fingerprint density at radius 2 is 2.00 bits per heavy atom. The molecule has 1 saturated heterocycles. The molecule has 0 saturated carbocycles. The molecule has 1 fully saturated rings. The highest BCUT2D eigenvalue weighted by molar-refractivity contribution is 6.31. The number of halogens is 2. The van der Waals surface area contributed by atoms with E-state index in [1.807, 2.05) is 47.8 Å². The van der Waals surface area contributed by atoms with Crippen LogP contribution in [0.1, 0.15) is 35.2 Å². The molecule has 0 aliphatic carbocycles. The summed E-state index contributed by atoms with van der Waals surface area (Å²) in [7, 11) is 5.71. The number of hydrogen-bond donors (Lipinski definition) is 1. The number of nitrogens with two attached hydrogens (primary N) is 1. The molecule has 0 spiro atoms. The maximum atomic E-state index is 13.8. The third kappa shape index (κ3) is 5.98. The van der Waals surface area contributed by atoms with Gasteiger partial charge < -0.3 is 29.4 Å². The Balaban J connectivity index is 0.00000370. The van der Waals surface area contributed by atoms with Crippen LogP contribution in [0.25, 0.3) is 21.9 Å². The van der Waals surface area contributed by atoms with Gasteiger partial charge in [-0.2, -0.15) is 0 Å². The van der Waals surface area contributed by atoms with Gasteiger partial charge in [-0.3, -0.25) is 4.79 Å². The van der Waals surface area contributed by atoms with Gasteiger partial charge in [-0.05, 0) is 63.2 Å². The van der Waals surface area contributed by atoms with E-state index in [0.717, 1.165) is 43.3 Å². The second kappa shape index (κ2) is 12.6. The predicted molar refractivity (Wildman–Crippen MR) is 163 cm³/mol. The van der Waals surface area contributed by atoms with Crippen LogP contribution in [0.2, 0.25) is 5.02 Å². The standard InChI is InChI=1S/C29H35ClN6O3.ClH/c1-33(2)13-7-15-39-28(38)19-11-12-24-22(16-19)25-26(27(37)34(24)3)36(17-20-8-4-5-10-23(20)30)29(32-25)35-14-6-9-21(31)18-35;/h4-5,8,10-12,16,21H,6-7,9,13-15,17-18,31H2,1-3H3;1H/t21-;/m1./s1. The normalized spacial score (nSPS) is 15.6. The second-order valence-electron chi connectivity index (χ2n) is 10.5. The molecule has 4 aromatic rings. The lowest BCUT2D eigenvalue weighted by Gasteiger charge is -2.32. The van der Waals surface area contributed by atoms with Crippen molar-refractivity contribution in [1.82, 2.24) is 19.0 Å². The molecular weight excluding hydrogens is 551 g/mol. The van der Waals surface area contributed by atoms with Crippen molar-refractivity contribution in [3.05, 3.63) is 69.0 Å². The van der Waals surface area contributed by atoms with Gasteiger partial charge in [0.1, 0.15) is 11.0 Å². The minimum absolute atomic E-state index is 0. The number of nitrogens with zero attached hydrogens (tertiary/aromatic N) is 5. The van der Waals surface area contributed by atoms with Gasteiger partial charge in [-0.1, -0.05) is 29.8 Å². The lowest BCUT2D eigenvalue weighted by atomic mass is 10.1. The van der Waals surface area contributed by atoms with Crippen molar-refractivity contribution in [2.24, 2.45) is 12.8 Å². The van der Waals surface area contributed by atoms with Crippen LogP contribution in [0, 0.1) is 0 Å². The van der Waals surface area contributed by atoms with E-state index < -0.39 is 5.97 Å². The number of piperidine rings is 1. The van der Waals surface area contributed by atoms with Gasteiger partial charge in [0.15, 0.2) is 0 Å². The summed E-state index contributed by atoms with van der Waals surface area (Å²) in [5.74, 6) is 0.289. The number of fused-ring (bicyclic) bond motifs is 3. The first kappa shape index (κ1) is 29.9. The number of rotatable bonds is 8. The Bertz CT molecular complexity index is 1580. The zero-order valence-corrected chi connectivity index (χ0v) is 24.7. The molecule has 5 rings (SSSR count). The number of carbonyl (C=O) groups excluding carboxylic acids is 1. The molecular formula is C29H36Cl2N6O3. The van der Waals surface area contributed by atoms with E-state index in [9.17, 15) is 9.59 Å². The first-order valence-corrected chi connectivity index (χ1v) is 13.7. The van der Waals surface area contributed by atoms with E-state index in [4.69, 9.17) is 27.1 Å². The Morgan fingerprint density at radius 1 is 1.23 bits per heavy atom. The summed E-state index contributed by atoms with van der Waals surface area (Å²) in [4.78, 5) is 35.9. The van der Waals surface area contributed by atoms with Crippen molar-refractivity contribution in [3.8, 4) is 0 Å². The predicted octanol–water partition coefficient (Wildman–Crippen LogP) is 4.05. The molecule has 214 valence electrons. The first-order chi connectivity index (χ1) is 18.7. The van der Waals surface area contributed by atoms with Crippen molar-refractivity contribution < 1.29 is 9.53 Å². The van der Waals surface area contributed by atoms with Crippen LogP contribution < -0.4 is 16.2 Å². The average Bonchev–Trinajstić information content (AvgIpc) is 3.30. The van der Waals surface area contributed by atoms with E-state index in [1.165, 1.54) is 0 Å². The third-order valence-corrected chi connectivity index (χ3v) is 7.68. The van der Waals surface area contributed by atoms with Crippen molar-refractivity contribution in [1.29, 1.82) is 0 Å². The van der Waals surface area contributed by atoms with Crippen LogP contribution in [0.4, 0.5) is 5.95 Å². The molecule has 0 radical (unpaired) electrons. The Kier molecular flexibility index (Phi) is 9.41. The van der Waals surface area contributed by atoms with Gasteiger partial charge in [0.2, 0.25) is 5.95 Å². The average molecular weight is 588 g/mol. The highest BCUT2D eigenvalue weighted by Crippen LogP contribution is 2.31. The van der Waals surface area contributed by atoms with Gasteiger partial charge in [-0.15, -0.1) is 12.4 Å². The highest BCUT2D eigenvalue weighted by Gasteiger charge is 2.26. The quantitative estimate of drug-likeness (QED) is 0.245. The van der Waals surface area contributed by atoms with Gasteiger partial charge in [0, 0.05) is 43.1 Å². The zero-order valence-electron chi connectivity index (χ0n) is 23.1. The minimum atomic E-state index is -0.393. The lowest BCUT2D eigenvalue weighted by molar-refractivity contribution is 0.0493. The largest absolute Gasteiger partial charge is 0.462 e. The van der Waals surface area contributed by atoms with Gasteiger partial charge in [0.05, 0.1) is 24.2 Å². The third-order valence-electron chi connectivity index (χ3n) is 7.31. The first-order valence-electron chi connectivity index (χ1n) is 13.3. The maximum absolute atomic E-state index is 13.8. The van der Waals surface area contributed by atoms with Crippen LogP contribution >= 0.6 is 24.0 Å². The molecule has 40 heavy (non-hydrogen) atoms. The number of pyridine rings is 1. The molecule has 2 aromatic carbocycles. The molecule has 1 aliphatic rings. The van der Waals surface area contributed by atoms with Crippen molar-refractivity contribution in [2.75, 3.05) is 45.2 Å². The van der Waals surface area contributed by atoms with Crippen LogP contribution in [-0.2, 0) is 18.3 Å². The van der Waals surface area contributed by atoms with Gasteiger partial charge in [0.25, 0.3) is 5.56 Å². The molecule has 1 atom stereocenters. The molecule has 3 heterocycles. The molecule has 1 aliphatic heterocycles. The molecule has 2 aromatic heterocycles. The molecule has 0 amide bonds. The Hall–Kier alpha value is -3.11. The second-order valence-corrected chi connectivity index (χ2v) is 10.9. The molecule has 9 nitrogen and oxygen atoms in total. The van der Waals surface area contributed by atoms with Crippen LogP contribution in [0.3, 0.4) is 0 Å². The number of ether oxygens (including phenoxy) is 1. The summed E-state index contributed by atoms with van der Waals surface area (Å²) in [6.45, 7) is 2.99. The van der Waals surface area contributed by atoms with Crippen LogP contribution in [-0.4, -0.2) is 71.4 Å². The molecule has 0 unspecified atom stereocenters.